The molecule has 4 heteroatoms. The summed E-state index contributed by atoms with van der Waals surface area (Å²) in [6.45, 7) is 7.92. The van der Waals surface area contributed by atoms with Gasteiger partial charge in [0.25, 0.3) is 0 Å². The van der Waals surface area contributed by atoms with Crippen molar-refractivity contribution in [2.75, 3.05) is 6.54 Å². The Labute approximate surface area is 121 Å². The molecule has 0 aliphatic carbocycles. The van der Waals surface area contributed by atoms with E-state index in [9.17, 15) is 4.79 Å². The molecule has 1 atom stereocenters. The van der Waals surface area contributed by atoms with Crippen molar-refractivity contribution in [3.63, 3.8) is 0 Å². The summed E-state index contributed by atoms with van der Waals surface area (Å²) in [6, 6.07) is 8.16. The number of rotatable bonds is 3. The Morgan fingerprint density at radius 2 is 2.05 bits per heavy atom. The highest BCUT2D eigenvalue weighted by Gasteiger charge is 2.32. The summed E-state index contributed by atoms with van der Waals surface area (Å²) in [5, 5.41) is 3.47. The maximum atomic E-state index is 11.8. The van der Waals surface area contributed by atoms with E-state index in [4.69, 9.17) is 5.73 Å². The maximum absolute atomic E-state index is 11.8. The van der Waals surface area contributed by atoms with Gasteiger partial charge in [-0.15, -0.1) is 0 Å². The Balaban J connectivity index is 2.11. The first kappa shape index (κ1) is 14.9. The quantitative estimate of drug-likeness (QED) is 0.890. The van der Waals surface area contributed by atoms with Gasteiger partial charge in [0.15, 0.2) is 0 Å². The van der Waals surface area contributed by atoms with Crippen LogP contribution >= 0.6 is 0 Å². The predicted octanol–water partition coefficient (Wildman–Crippen LogP) is 2.41. The summed E-state index contributed by atoms with van der Waals surface area (Å²) in [5.74, 6) is 0. The summed E-state index contributed by atoms with van der Waals surface area (Å²) in [4.78, 5) is 13.6. The predicted molar refractivity (Wildman–Crippen MR) is 81.4 cm³/mol. The number of piperidine rings is 1. The first-order valence-corrected chi connectivity index (χ1v) is 7.24. The average molecular weight is 275 g/mol. The average Bonchev–Trinajstić information content (AvgIpc) is 2.36. The molecule has 1 unspecified atom stereocenters. The van der Waals surface area contributed by atoms with Gasteiger partial charge in [-0.3, -0.25) is 0 Å². The largest absolute Gasteiger partial charge is 0.351 e. The van der Waals surface area contributed by atoms with E-state index in [1.54, 1.807) is 0 Å². The summed E-state index contributed by atoms with van der Waals surface area (Å²) < 4.78 is 0. The van der Waals surface area contributed by atoms with Gasteiger partial charge in [0.05, 0.1) is 0 Å². The van der Waals surface area contributed by atoms with Crippen LogP contribution in [0.4, 0.5) is 4.79 Å². The normalized spacial score (nSPS) is 21.4. The fraction of sp³-hybridized carbons (Fsp3) is 0.562. The van der Waals surface area contributed by atoms with E-state index < -0.39 is 0 Å². The zero-order chi connectivity index (χ0) is 14.8. The molecule has 3 N–H and O–H groups in total. The number of carbonyl (C=O) groups is 1. The number of nitrogens with two attached hydrogens (primary N) is 1. The standard InChI is InChI=1S/C16H25N3O/c1-12-4-6-13(7-5-12)11-19(15(17)20)14-8-9-18-16(2,3)10-14/h4-7,14,18H,8-11H2,1-3H3,(H2,17,20). The molecule has 1 saturated heterocycles. The minimum Gasteiger partial charge on any atom is -0.351 e. The summed E-state index contributed by atoms with van der Waals surface area (Å²) in [7, 11) is 0. The van der Waals surface area contributed by atoms with Crippen molar-refractivity contribution in [2.24, 2.45) is 5.73 Å². The molecule has 1 aromatic rings. The van der Waals surface area contributed by atoms with Crippen LogP contribution in [0.3, 0.4) is 0 Å². The minimum atomic E-state index is -0.326. The lowest BCUT2D eigenvalue weighted by Crippen LogP contribution is -2.55. The number of primary amides is 1. The second kappa shape index (κ2) is 5.83. The molecule has 1 heterocycles. The van der Waals surface area contributed by atoms with Crippen LogP contribution in [0, 0.1) is 6.92 Å². The van der Waals surface area contributed by atoms with Crippen molar-refractivity contribution in [2.45, 2.75) is 51.7 Å². The summed E-state index contributed by atoms with van der Waals surface area (Å²) in [5.41, 5.74) is 8.01. The van der Waals surface area contributed by atoms with Gasteiger partial charge in [0, 0.05) is 18.1 Å². The van der Waals surface area contributed by atoms with E-state index in [1.165, 1.54) is 5.56 Å². The Morgan fingerprint density at radius 1 is 1.40 bits per heavy atom. The van der Waals surface area contributed by atoms with Crippen molar-refractivity contribution in [3.05, 3.63) is 35.4 Å². The molecule has 1 aromatic carbocycles. The van der Waals surface area contributed by atoms with Gasteiger partial charge in [0.1, 0.15) is 0 Å². The number of amides is 2. The molecule has 0 aromatic heterocycles. The van der Waals surface area contributed by atoms with Crippen molar-refractivity contribution in [3.8, 4) is 0 Å². The van der Waals surface area contributed by atoms with Crippen LogP contribution in [0.15, 0.2) is 24.3 Å². The molecular weight excluding hydrogens is 250 g/mol. The fourth-order valence-electron chi connectivity index (χ4n) is 2.88. The van der Waals surface area contributed by atoms with E-state index in [0.29, 0.717) is 6.54 Å². The highest BCUT2D eigenvalue weighted by molar-refractivity contribution is 5.72. The summed E-state index contributed by atoms with van der Waals surface area (Å²) in [6.07, 6.45) is 1.89. The van der Waals surface area contributed by atoms with Gasteiger partial charge < -0.3 is 16.0 Å². The van der Waals surface area contributed by atoms with Crippen molar-refractivity contribution < 1.29 is 4.79 Å². The Hall–Kier alpha value is -1.55. The first-order chi connectivity index (χ1) is 9.37. The number of nitrogens with zero attached hydrogens (tertiary/aromatic N) is 1. The van der Waals surface area contributed by atoms with Crippen LogP contribution in [-0.2, 0) is 6.54 Å². The second-order valence-electron chi connectivity index (χ2n) is 6.41. The molecular formula is C16H25N3O. The molecule has 0 bridgehead atoms. The molecule has 1 aliphatic rings. The third-order valence-corrected chi connectivity index (χ3v) is 4.02. The van der Waals surface area contributed by atoms with Crippen molar-refractivity contribution in [1.82, 2.24) is 10.2 Å². The third-order valence-electron chi connectivity index (χ3n) is 4.02. The topological polar surface area (TPSA) is 58.4 Å². The van der Waals surface area contributed by atoms with E-state index in [-0.39, 0.29) is 17.6 Å². The SMILES string of the molecule is Cc1ccc(CN(C(N)=O)C2CCNC(C)(C)C2)cc1. The van der Waals surface area contributed by atoms with Crippen LogP contribution in [0.2, 0.25) is 0 Å². The Bertz CT molecular complexity index is 467. The third kappa shape index (κ3) is 3.73. The molecule has 1 fully saturated rings. The van der Waals surface area contributed by atoms with Gasteiger partial charge in [0.2, 0.25) is 0 Å². The monoisotopic (exact) mass is 275 g/mol. The molecule has 1 aliphatic heterocycles. The number of hydrogen-bond donors (Lipinski definition) is 2. The number of urea groups is 1. The first-order valence-electron chi connectivity index (χ1n) is 7.24. The molecule has 0 radical (unpaired) electrons. The zero-order valence-electron chi connectivity index (χ0n) is 12.6. The number of nitrogens with one attached hydrogen (secondary N) is 1. The Kier molecular flexibility index (Phi) is 4.33. The Morgan fingerprint density at radius 3 is 2.60 bits per heavy atom. The summed E-state index contributed by atoms with van der Waals surface area (Å²) >= 11 is 0. The van der Waals surface area contributed by atoms with Crippen LogP contribution < -0.4 is 11.1 Å². The van der Waals surface area contributed by atoms with Crippen LogP contribution in [0.25, 0.3) is 0 Å². The van der Waals surface area contributed by atoms with Gasteiger partial charge >= 0.3 is 6.03 Å². The molecule has 20 heavy (non-hydrogen) atoms. The maximum Gasteiger partial charge on any atom is 0.315 e. The minimum absolute atomic E-state index is 0.0594. The van der Waals surface area contributed by atoms with Crippen LogP contribution in [0.1, 0.15) is 37.8 Å². The zero-order valence-corrected chi connectivity index (χ0v) is 12.6. The molecule has 0 saturated carbocycles. The van der Waals surface area contributed by atoms with Gasteiger partial charge in [-0.2, -0.15) is 0 Å². The number of benzene rings is 1. The van der Waals surface area contributed by atoms with E-state index in [2.05, 4.69) is 50.4 Å². The van der Waals surface area contributed by atoms with Crippen LogP contribution in [-0.4, -0.2) is 29.1 Å². The molecule has 110 valence electrons. The smallest absolute Gasteiger partial charge is 0.315 e. The van der Waals surface area contributed by atoms with Gasteiger partial charge in [-0.25, -0.2) is 4.79 Å². The number of hydrogen-bond acceptors (Lipinski definition) is 2. The van der Waals surface area contributed by atoms with E-state index in [1.807, 2.05) is 4.90 Å². The van der Waals surface area contributed by atoms with Crippen LogP contribution in [0.5, 0.6) is 0 Å². The lowest BCUT2D eigenvalue weighted by Gasteiger charge is -2.41. The molecule has 2 amide bonds. The highest BCUT2D eigenvalue weighted by atomic mass is 16.2. The van der Waals surface area contributed by atoms with Gasteiger partial charge in [-0.1, -0.05) is 29.8 Å². The number of carbonyl (C=O) groups excluding carboxylic acids is 1. The number of aryl methyl sites for hydroxylation is 1. The lowest BCUT2D eigenvalue weighted by atomic mass is 9.88. The second-order valence-corrected chi connectivity index (χ2v) is 6.41. The van der Waals surface area contributed by atoms with Crippen molar-refractivity contribution >= 4 is 6.03 Å². The molecule has 2 rings (SSSR count). The van der Waals surface area contributed by atoms with E-state index >= 15 is 0 Å². The fourth-order valence-corrected chi connectivity index (χ4v) is 2.88. The van der Waals surface area contributed by atoms with Crippen molar-refractivity contribution in [1.29, 1.82) is 0 Å². The van der Waals surface area contributed by atoms with E-state index in [0.717, 1.165) is 24.9 Å². The molecule has 0 spiro atoms. The van der Waals surface area contributed by atoms with Gasteiger partial charge in [-0.05, 0) is 45.7 Å². The molecule has 4 nitrogen and oxygen atoms in total. The highest BCUT2D eigenvalue weighted by Crippen LogP contribution is 2.24. The lowest BCUT2D eigenvalue weighted by molar-refractivity contribution is 0.132.